The van der Waals surface area contributed by atoms with Gasteiger partial charge in [-0.25, -0.2) is 0 Å². The SMILES string of the molecule is O=C1CCCN1C1CCN(Cc2cccc3ccccc23)CC1. The zero-order valence-electron chi connectivity index (χ0n) is 13.6. The van der Waals surface area contributed by atoms with Gasteiger partial charge in [0, 0.05) is 38.6 Å². The van der Waals surface area contributed by atoms with Crippen molar-refractivity contribution in [3.05, 3.63) is 48.0 Å². The van der Waals surface area contributed by atoms with Crippen molar-refractivity contribution in [2.75, 3.05) is 19.6 Å². The highest BCUT2D eigenvalue weighted by molar-refractivity contribution is 5.85. The summed E-state index contributed by atoms with van der Waals surface area (Å²) in [6, 6.07) is 15.7. The first-order valence-corrected chi connectivity index (χ1v) is 8.80. The summed E-state index contributed by atoms with van der Waals surface area (Å²) in [5, 5.41) is 2.69. The monoisotopic (exact) mass is 308 g/mol. The van der Waals surface area contributed by atoms with Crippen molar-refractivity contribution in [1.29, 1.82) is 0 Å². The number of benzene rings is 2. The summed E-state index contributed by atoms with van der Waals surface area (Å²) >= 11 is 0. The van der Waals surface area contributed by atoms with E-state index in [1.165, 1.54) is 16.3 Å². The van der Waals surface area contributed by atoms with Gasteiger partial charge in [0.05, 0.1) is 0 Å². The van der Waals surface area contributed by atoms with Crippen LogP contribution in [0.25, 0.3) is 10.8 Å². The minimum Gasteiger partial charge on any atom is -0.340 e. The first-order valence-electron chi connectivity index (χ1n) is 8.80. The lowest BCUT2D eigenvalue weighted by molar-refractivity contribution is -0.130. The molecule has 4 rings (SSSR count). The maximum Gasteiger partial charge on any atom is 0.222 e. The first kappa shape index (κ1) is 14.7. The molecular formula is C20H24N2O. The molecule has 0 saturated carbocycles. The Morgan fingerprint density at radius 1 is 0.957 bits per heavy atom. The van der Waals surface area contributed by atoms with Crippen molar-refractivity contribution in [3.63, 3.8) is 0 Å². The molecule has 120 valence electrons. The van der Waals surface area contributed by atoms with Crippen molar-refractivity contribution in [2.24, 2.45) is 0 Å². The molecule has 2 aliphatic heterocycles. The van der Waals surface area contributed by atoms with Crippen molar-refractivity contribution in [2.45, 2.75) is 38.3 Å². The summed E-state index contributed by atoms with van der Waals surface area (Å²) in [5.41, 5.74) is 1.42. The Balaban J connectivity index is 1.42. The summed E-state index contributed by atoms with van der Waals surface area (Å²) in [4.78, 5) is 16.6. The number of nitrogens with zero attached hydrogens (tertiary/aromatic N) is 2. The predicted octanol–water partition coefficient (Wildman–Crippen LogP) is 3.43. The fourth-order valence-corrected chi connectivity index (χ4v) is 4.12. The summed E-state index contributed by atoms with van der Waals surface area (Å²) in [5.74, 6) is 0.373. The van der Waals surface area contributed by atoms with E-state index in [2.05, 4.69) is 52.3 Å². The van der Waals surface area contributed by atoms with E-state index in [4.69, 9.17) is 0 Å². The topological polar surface area (TPSA) is 23.6 Å². The van der Waals surface area contributed by atoms with Crippen LogP contribution < -0.4 is 0 Å². The highest BCUT2D eigenvalue weighted by atomic mass is 16.2. The van der Waals surface area contributed by atoms with Gasteiger partial charge in [0.2, 0.25) is 5.91 Å². The van der Waals surface area contributed by atoms with Gasteiger partial charge in [-0.2, -0.15) is 0 Å². The third kappa shape index (κ3) is 2.98. The number of carbonyl (C=O) groups excluding carboxylic acids is 1. The number of piperidine rings is 1. The van der Waals surface area contributed by atoms with Gasteiger partial charge >= 0.3 is 0 Å². The first-order chi connectivity index (χ1) is 11.3. The molecule has 0 unspecified atom stereocenters. The van der Waals surface area contributed by atoms with E-state index in [0.29, 0.717) is 11.9 Å². The molecule has 3 nitrogen and oxygen atoms in total. The molecule has 0 radical (unpaired) electrons. The second-order valence-electron chi connectivity index (χ2n) is 6.84. The van der Waals surface area contributed by atoms with Crippen LogP contribution in [-0.4, -0.2) is 41.4 Å². The Hall–Kier alpha value is -1.87. The van der Waals surface area contributed by atoms with E-state index < -0.39 is 0 Å². The third-order valence-corrected chi connectivity index (χ3v) is 5.38. The standard InChI is InChI=1S/C20H24N2O/c23-20-9-4-12-22(20)18-10-13-21(14-11-18)15-17-7-3-6-16-5-1-2-8-19(16)17/h1-3,5-8,18H,4,9-15H2. The third-order valence-electron chi connectivity index (χ3n) is 5.38. The van der Waals surface area contributed by atoms with Gasteiger partial charge in [-0.3, -0.25) is 9.69 Å². The van der Waals surface area contributed by atoms with Gasteiger partial charge in [0.1, 0.15) is 0 Å². The van der Waals surface area contributed by atoms with Crippen LogP contribution >= 0.6 is 0 Å². The van der Waals surface area contributed by atoms with Crippen molar-refractivity contribution >= 4 is 16.7 Å². The molecule has 0 atom stereocenters. The van der Waals surface area contributed by atoms with E-state index in [1.54, 1.807) is 0 Å². The molecule has 3 heteroatoms. The molecule has 2 fully saturated rings. The number of likely N-dealkylation sites (tertiary alicyclic amines) is 2. The molecule has 2 aliphatic rings. The Bertz CT molecular complexity index is 698. The fourth-order valence-electron chi connectivity index (χ4n) is 4.12. The second kappa shape index (κ2) is 6.32. The molecule has 2 heterocycles. The second-order valence-corrected chi connectivity index (χ2v) is 6.84. The lowest BCUT2D eigenvalue weighted by Crippen LogP contribution is -2.45. The number of rotatable bonds is 3. The molecule has 23 heavy (non-hydrogen) atoms. The van der Waals surface area contributed by atoms with E-state index in [1.807, 2.05) is 0 Å². The summed E-state index contributed by atoms with van der Waals surface area (Å²) in [6.07, 6.45) is 4.05. The Morgan fingerprint density at radius 3 is 2.52 bits per heavy atom. The highest BCUT2D eigenvalue weighted by Crippen LogP contribution is 2.25. The normalized spacial score (nSPS) is 20.5. The average molecular weight is 308 g/mol. The van der Waals surface area contributed by atoms with E-state index >= 15 is 0 Å². The van der Waals surface area contributed by atoms with Gasteiger partial charge in [0.15, 0.2) is 0 Å². The summed E-state index contributed by atoms with van der Waals surface area (Å²) in [7, 11) is 0. The van der Waals surface area contributed by atoms with Crippen molar-refractivity contribution in [3.8, 4) is 0 Å². The van der Waals surface area contributed by atoms with Crippen LogP contribution in [0.4, 0.5) is 0 Å². The largest absolute Gasteiger partial charge is 0.340 e. The fraction of sp³-hybridized carbons (Fsp3) is 0.450. The van der Waals surface area contributed by atoms with Crippen molar-refractivity contribution < 1.29 is 4.79 Å². The van der Waals surface area contributed by atoms with Crippen LogP contribution in [0.2, 0.25) is 0 Å². The molecule has 0 aliphatic carbocycles. The lowest BCUT2D eigenvalue weighted by atomic mass is 10.0. The smallest absolute Gasteiger partial charge is 0.222 e. The molecule has 0 aromatic heterocycles. The summed E-state index contributed by atoms with van der Waals surface area (Å²) < 4.78 is 0. The zero-order valence-corrected chi connectivity index (χ0v) is 13.6. The van der Waals surface area contributed by atoms with Crippen LogP contribution in [0.5, 0.6) is 0 Å². The number of hydrogen-bond acceptors (Lipinski definition) is 2. The molecule has 0 spiro atoms. The average Bonchev–Trinajstić information content (AvgIpc) is 3.02. The minimum atomic E-state index is 0.373. The maximum atomic E-state index is 11.9. The molecule has 1 amide bonds. The van der Waals surface area contributed by atoms with Crippen molar-refractivity contribution in [1.82, 2.24) is 9.80 Å². The number of fused-ring (bicyclic) bond motifs is 1. The number of amides is 1. The van der Waals surface area contributed by atoms with Crippen LogP contribution in [0, 0.1) is 0 Å². The highest BCUT2D eigenvalue weighted by Gasteiger charge is 2.30. The van der Waals surface area contributed by atoms with Gasteiger partial charge < -0.3 is 4.90 Å². The van der Waals surface area contributed by atoms with Gasteiger partial charge in [0.25, 0.3) is 0 Å². The van der Waals surface area contributed by atoms with E-state index in [0.717, 1.165) is 51.9 Å². The lowest BCUT2D eigenvalue weighted by Gasteiger charge is -2.36. The Kier molecular flexibility index (Phi) is 4.04. The van der Waals surface area contributed by atoms with Gasteiger partial charge in [-0.1, -0.05) is 42.5 Å². The molecule has 0 bridgehead atoms. The maximum absolute atomic E-state index is 11.9. The Labute approximate surface area is 137 Å². The molecule has 2 saturated heterocycles. The minimum absolute atomic E-state index is 0.373. The molecule has 2 aromatic rings. The van der Waals surface area contributed by atoms with Crippen LogP contribution in [0.1, 0.15) is 31.2 Å². The Morgan fingerprint density at radius 2 is 1.74 bits per heavy atom. The van der Waals surface area contributed by atoms with Crippen LogP contribution in [0.3, 0.4) is 0 Å². The van der Waals surface area contributed by atoms with E-state index in [-0.39, 0.29) is 0 Å². The van der Waals surface area contributed by atoms with Gasteiger partial charge in [-0.05, 0) is 35.6 Å². The quantitative estimate of drug-likeness (QED) is 0.867. The summed E-state index contributed by atoms with van der Waals surface area (Å²) in [6.45, 7) is 4.18. The number of carbonyl (C=O) groups is 1. The molecule has 2 aromatic carbocycles. The zero-order chi connectivity index (χ0) is 15.6. The van der Waals surface area contributed by atoms with E-state index in [9.17, 15) is 4.79 Å². The molecular weight excluding hydrogens is 284 g/mol. The molecule has 0 N–H and O–H groups in total. The van der Waals surface area contributed by atoms with Crippen LogP contribution in [0.15, 0.2) is 42.5 Å². The van der Waals surface area contributed by atoms with Gasteiger partial charge in [-0.15, -0.1) is 0 Å². The predicted molar refractivity (Wildman–Crippen MR) is 93.2 cm³/mol. The van der Waals surface area contributed by atoms with Crippen LogP contribution in [-0.2, 0) is 11.3 Å². The number of hydrogen-bond donors (Lipinski definition) is 0.